The Morgan fingerprint density at radius 2 is 1.93 bits per heavy atom. The Labute approximate surface area is 163 Å². The van der Waals surface area contributed by atoms with E-state index in [1.165, 1.54) is 0 Å². The molecular formula is C22H21N3O3. The summed E-state index contributed by atoms with van der Waals surface area (Å²) >= 11 is 0. The Balaban J connectivity index is 1.87. The summed E-state index contributed by atoms with van der Waals surface area (Å²) in [5.74, 6) is -0.657. The minimum atomic E-state index is -0.584. The number of aryl methyl sites for hydroxylation is 1. The van der Waals surface area contributed by atoms with Gasteiger partial charge in [-0.25, -0.2) is 9.78 Å². The van der Waals surface area contributed by atoms with Crippen LogP contribution in [0.4, 0.5) is 5.69 Å². The molecule has 0 saturated carbocycles. The second-order valence-electron chi connectivity index (χ2n) is 6.77. The number of carbonyl (C=O) groups excluding carboxylic acids is 2. The number of H-pyrrole nitrogens is 1. The average molecular weight is 375 g/mol. The highest BCUT2D eigenvalue weighted by molar-refractivity contribution is 6.14. The summed E-state index contributed by atoms with van der Waals surface area (Å²) in [5, 5.41) is 3.45. The number of hydrogen-bond donors (Lipinski definition) is 2. The van der Waals surface area contributed by atoms with E-state index >= 15 is 0 Å². The van der Waals surface area contributed by atoms with Gasteiger partial charge in [0.1, 0.15) is 11.7 Å². The number of aromatic amines is 1. The normalized spacial score (nSPS) is 18.3. The molecule has 0 radical (unpaired) electrons. The molecule has 6 nitrogen and oxygen atoms in total. The summed E-state index contributed by atoms with van der Waals surface area (Å²) in [6, 6.07) is 14.7. The van der Waals surface area contributed by atoms with Crippen molar-refractivity contribution in [1.82, 2.24) is 9.97 Å². The number of nitrogens with zero attached hydrogens (tertiary/aromatic N) is 1. The molecule has 0 aliphatic carbocycles. The van der Waals surface area contributed by atoms with Gasteiger partial charge in [0.15, 0.2) is 5.78 Å². The quantitative estimate of drug-likeness (QED) is 0.673. The van der Waals surface area contributed by atoms with Crippen molar-refractivity contribution in [3.63, 3.8) is 0 Å². The molecule has 2 aromatic carbocycles. The SMILES string of the molecule is CCOC(=O)c1cccc2c1C(=O)C(c1ncc(C)[nH]1)C(c1ccccc1)N2. The van der Waals surface area contributed by atoms with Gasteiger partial charge in [-0.3, -0.25) is 4.79 Å². The lowest BCUT2D eigenvalue weighted by atomic mass is 9.80. The molecule has 1 aliphatic rings. The molecule has 2 N–H and O–H groups in total. The zero-order valence-electron chi connectivity index (χ0n) is 15.7. The lowest BCUT2D eigenvalue weighted by molar-refractivity contribution is 0.0522. The first-order valence-corrected chi connectivity index (χ1v) is 9.27. The Bertz CT molecular complexity index is 1030. The van der Waals surface area contributed by atoms with Crippen molar-refractivity contribution < 1.29 is 14.3 Å². The van der Waals surface area contributed by atoms with Gasteiger partial charge in [0.2, 0.25) is 0 Å². The standard InChI is InChI=1S/C22H21N3O3/c1-3-28-22(27)15-10-7-11-16-17(15)20(26)18(21-23-12-13(2)24-21)19(25-16)14-8-5-4-6-9-14/h4-12,18-19,25H,3H2,1-2H3,(H,23,24). The highest BCUT2D eigenvalue weighted by Crippen LogP contribution is 2.42. The van der Waals surface area contributed by atoms with Gasteiger partial charge in [0.25, 0.3) is 0 Å². The van der Waals surface area contributed by atoms with E-state index in [1.54, 1.807) is 25.3 Å². The maximum absolute atomic E-state index is 13.6. The molecule has 0 spiro atoms. The van der Waals surface area contributed by atoms with Crippen LogP contribution in [0.3, 0.4) is 0 Å². The molecule has 6 heteroatoms. The Kier molecular flexibility index (Phi) is 4.69. The van der Waals surface area contributed by atoms with Crippen LogP contribution in [0.1, 0.15) is 56.7 Å². The summed E-state index contributed by atoms with van der Waals surface area (Å²) in [5.41, 5.74) is 3.11. The highest BCUT2D eigenvalue weighted by atomic mass is 16.5. The van der Waals surface area contributed by atoms with Crippen LogP contribution >= 0.6 is 0 Å². The number of ether oxygens (including phenoxy) is 1. The van der Waals surface area contributed by atoms with Crippen molar-refractivity contribution >= 4 is 17.4 Å². The first-order chi connectivity index (χ1) is 13.6. The lowest BCUT2D eigenvalue weighted by Gasteiger charge is -2.33. The summed E-state index contributed by atoms with van der Waals surface area (Å²) in [7, 11) is 0. The van der Waals surface area contributed by atoms with Crippen LogP contribution < -0.4 is 5.32 Å². The van der Waals surface area contributed by atoms with Crippen LogP contribution in [0.5, 0.6) is 0 Å². The molecule has 0 bridgehead atoms. The minimum Gasteiger partial charge on any atom is -0.462 e. The second-order valence-corrected chi connectivity index (χ2v) is 6.77. The zero-order valence-corrected chi connectivity index (χ0v) is 15.7. The number of rotatable bonds is 4. The van der Waals surface area contributed by atoms with E-state index in [4.69, 9.17) is 4.74 Å². The lowest BCUT2D eigenvalue weighted by Crippen LogP contribution is -2.34. The fourth-order valence-corrected chi connectivity index (χ4v) is 3.68. The Morgan fingerprint density at radius 3 is 2.61 bits per heavy atom. The van der Waals surface area contributed by atoms with Crippen LogP contribution in [0.2, 0.25) is 0 Å². The molecule has 2 heterocycles. The van der Waals surface area contributed by atoms with Gasteiger partial charge in [-0.05, 0) is 31.5 Å². The predicted molar refractivity (Wildman–Crippen MR) is 106 cm³/mol. The second kappa shape index (κ2) is 7.31. The third kappa shape index (κ3) is 3.07. The largest absolute Gasteiger partial charge is 0.462 e. The number of ketones is 1. The van der Waals surface area contributed by atoms with E-state index in [0.29, 0.717) is 17.1 Å². The van der Waals surface area contributed by atoms with Gasteiger partial charge in [-0.1, -0.05) is 36.4 Å². The third-order valence-corrected chi connectivity index (χ3v) is 4.91. The molecule has 142 valence electrons. The minimum absolute atomic E-state index is 0.152. The monoisotopic (exact) mass is 375 g/mol. The Morgan fingerprint density at radius 1 is 1.14 bits per heavy atom. The summed E-state index contributed by atoms with van der Waals surface area (Å²) < 4.78 is 5.16. The van der Waals surface area contributed by atoms with Crippen molar-refractivity contribution in [3.05, 3.63) is 82.9 Å². The summed E-state index contributed by atoms with van der Waals surface area (Å²) in [4.78, 5) is 33.7. The number of carbonyl (C=O) groups is 2. The summed E-state index contributed by atoms with van der Waals surface area (Å²) in [6.07, 6.45) is 1.71. The molecule has 0 fully saturated rings. The highest BCUT2D eigenvalue weighted by Gasteiger charge is 2.41. The van der Waals surface area contributed by atoms with Crippen molar-refractivity contribution in [2.45, 2.75) is 25.8 Å². The van der Waals surface area contributed by atoms with E-state index < -0.39 is 11.9 Å². The zero-order chi connectivity index (χ0) is 19.7. The molecule has 0 amide bonds. The van der Waals surface area contributed by atoms with Crippen LogP contribution in [0, 0.1) is 6.92 Å². The van der Waals surface area contributed by atoms with E-state index in [1.807, 2.05) is 43.3 Å². The van der Waals surface area contributed by atoms with Crippen molar-refractivity contribution in [2.24, 2.45) is 0 Å². The van der Waals surface area contributed by atoms with Crippen LogP contribution in [0.15, 0.2) is 54.7 Å². The number of imidazole rings is 1. The molecule has 28 heavy (non-hydrogen) atoms. The Hall–Kier alpha value is -3.41. The van der Waals surface area contributed by atoms with Gasteiger partial charge in [-0.15, -0.1) is 0 Å². The smallest absolute Gasteiger partial charge is 0.338 e. The van der Waals surface area contributed by atoms with Gasteiger partial charge in [0.05, 0.1) is 23.8 Å². The molecule has 1 aliphatic heterocycles. The maximum Gasteiger partial charge on any atom is 0.338 e. The van der Waals surface area contributed by atoms with Crippen LogP contribution in [0.25, 0.3) is 0 Å². The molecular weight excluding hydrogens is 354 g/mol. The molecule has 4 rings (SSSR count). The summed E-state index contributed by atoms with van der Waals surface area (Å²) in [6.45, 7) is 3.89. The molecule has 2 atom stereocenters. The van der Waals surface area contributed by atoms with Gasteiger partial charge in [-0.2, -0.15) is 0 Å². The van der Waals surface area contributed by atoms with Crippen LogP contribution in [-0.4, -0.2) is 28.3 Å². The van der Waals surface area contributed by atoms with E-state index in [9.17, 15) is 9.59 Å². The van der Waals surface area contributed by atoms with Crippen LogP contribution in [-0.2, 0) is 4.74 Å². The fraction of sp³-hybridized carbons (Fsp3) is 0.227. The van der Waals surface area contributed by atoms with Crippen molar-refractivity contribution in [2.75, 3.05) is 11.9 Å². The molecule has 3 aromatic rings. The first kappa shape index (κ1) is 18.0. The molecule has 2 unspecified atom stereocenters. The number of esters is 1. The van der Waals surface area contributed by atoms with E-state index in [-0.39, 0.29) is 24.0 Å². The number of anilines is 1. The topological polar surface area (TPSA) is 84.1 Å². The number of nitrogens with one attached hydrogen (secondary N) is 2. The van der Waals surface area contributed by atoms with Crippen molar-refractivity contribution in [3.8, 4) is 0 Å². The number of benzene rings is 2. The van der Waals surface area contributed by atoms with Crippen molar-refractivity contribution in [1.29, 1.82) is 0 Å². The predicted octanol–water partition coefficient (Wildman–Crippen LogP) is 4.03. The van der Waals surface area contributed by atoms with Gasteiger partial charge < -0.3 is 15.0 Å². The molecule has 0 saturated heterocycles. The number of hydrogen-bond acceptors (Lipinski definition) is 5. The number of fused-ring (bicyclic) bond motifs is 1. The molecule has 1 aromatic heterocycles. The fourth-order valence-electron chi connectivity index (χ4n) is 3.68. The number of aromatic nitrogens is 2. The first-order valence-electron chi connectivity index (χ1n) is 9.27. The third-order valence-electron chi connectivity index (χ3n) is 4.91. The maximum atomic E-state index is 13.6. The van der Waals surface area contributed by atoms with Gasteiger partial charge in [0, 0.05) is 17.6 Å². The number of Topliss-reactive ketones (excluding diaryl/α,β-unsaturated/α-hetero) is 1. The van der Waals surface area contributed by atoms with E-state index in [2.05, 4.69) is 15.3 Å². The average Bonchev–Trinajstić information content (AvgIpc) is 3.14. The van der Waals surface area contributed by atoms with Gasteiger partial charge >= 0.3 is 5.97 Å². The van der Waals surface area contributed by atoms with E-state index in [0.717, 1.165) is 11.3 Å².